The highest BCUT2D eigenvalue weighted by molar-refractivity contribution is 8.00. The van der Waals surface area contributed by atoms with E-state index in [9.17, 15) is 19.0 Å². The molecule has 172 valence electrons. The predicted molar refractivity (Wildman–Crippen MR) is 124 cm³/mol. The van der Waals surface area contributed by atoms with E-state index in [1.54, 1.807) is 6.07 Å². The Hall–Kier alpha value is -2.82. The molecule has 0 radical (unpaired) electrons. The number of aryl methyl sites for hydroxylation is 2. The van der Waals surface area contributed by atoms with Gasteiger partial charge in [-0.05, 0) is 43.5 Å². The third kappa shape index (κ3) is 3.92. The molecule has 4 aromatic rings. The molecule has 3 aromatic heterocycles. The van der Waals surface area contributed by atoms with Gasteiger partial charge in [0.25, 0.3) is 6.43 Å². The lowest BCUT2D eigenvalue weighted by Gasteiger charge is -2.17. The van der Waals surface area contributed by atoms with Crippen molar-refractivity contribution in [1.82, 2.24) is 19.5 Å². The van der Waals surface area contributed by atoms with Crippen molar-refractivity contribution in [3.63, 3.8) is 0 Å². The lowest BCUT2D eigenvalue weighted by Crippen LogP contribution is -2.31. The fourth-order valence-electron chi connectivity index (χ4n) is 4.38. The van der Waals surface area contributed by atoms with Gasteiger partial charge in [0.1, 0.15) is 29.3 Å². The van der Waals surface area contributed by atoms with E-state index >= 15 is 0 Å². The Labute approximate surface area is 192 Å². The largest absolute Gasteiger partial charge is 0.389 e. The maximum absolute atomic E-state index is 13.1. The number of aliphatic hydroxyl groups excluding tert-OH is 2. The number of benzene rings is 1. The first kappa shape index (κ1) is 22.0. The van der Waals surface area contributed by atoms with E-state index in [2.05, 4.69) is 15.0 Å². The molecular formula is C23H23F2N5O2S. The Balaban J connectivity index is 1.33. The fourth-order valence-corrected chi connectivity index (χ4v) is 5.94. The minimum Gasteiger partial charge on any atom is -0.389 e. The molecule has 0 bridgehead atoms. The van der Waals surface area contributed by atoms with Crippen molar-refractivity contribution in [2.75, 3.05) is 5.73 Å². The van der Waals surface area contributed by atoms with Crippen molar-refractivity contribution in [2.24, 2.45) is 0 Å². The van der Waals surface area contributed by atoms with Gasteiger partial charge in [-0.15, -0.1) is 11.8 Å². The van der Waals surface area contributed by atoms with Gasteiger partial charge < -0.3 is 20.5 Å². The molecule has 0 spiro atoms. The quantitative estimate of drug-likeness (QED) is 0.406. The van der Waals surface area contributed by atoms with Crippen LogP contribution in [-0.2, 0) is 6.42 Å². The van der Waals surface area contributed by atoms with Crippen LogP contribution < -0.4 is 5.73 Å². The van der Waals surface area contributed by atoms with E-state index in [1.807, 2.05) is 35.9 Å². The van der Waals surface area contributed by atoms with Crippen LogP contribution in [0.2, 0.25) is 0 Å². The summed E-state index contributed by atoms with van der Waals surface area (Å²) >= 11 is 1.52. The van der Waals surface area contributed by atoms with Crippen molar-refractivity contribution < 1.29 is 19.0 Å². The minimum absolute atomic E-state index is 0.166. The second kappa shape index (κ2) is 8.51. The molecule has 1 aromatic carbocycles. The monoisotopic (exact) mass is 471 g/mol. The van der Waals surface area contributed by atoms with Gasteiger partial charge in [0, 0.05) is 22.2 Å². The van der Waals surface area contributed by atoms with Gasteiger partial charge in [0.05, 0.1) is 22.9 Å². The van der Waals surface area contributed by atoms with E-state index in [1.165, 1.54) is 24.2 Å². The molecular weight excluding hydrogens is 448 g/mol. The zero-order valence-electron chi connectivity index (χ0n) is 17.8. The summed E-state index contributed by atoms with van der Waals surface area (Å²) in [5.74, 6) is -0.166. The highest BCUT2D eigenvalue weighted by Crippen LogP contribution is 2.45. The molecule has 7 nitrogen and oxygen atoms in total. The van der Waals surface area contributed by atoms with Crippen molar-refractivity contribution in [3.05, 3.63) is 59.7 Å². The molecule has 4 heterocycles. The number of halogens is 2. The smallest absolute Gasteiger partial charge is 0.267 e. The number of pyridine rings is 1. The summed E-state index contributed by atoms with van der Waals surface area (Å²) in [6.07, 6.45) is 0.141. The zero-order valence-corrected chi connectivity index (χ0v) is 18.6. The van der Waals surface area contributed by atoms with Crippen molar-refractivity contribution in [3.8, 4) is 0 Å². The Morgan fingerprint density at radius 1 is 1.15 bits per heavy atom. The van der Waals surface area contributed by atoms with E-state index in [4.69, 9.17) is 5.73 Å². The number of hydrogen-bond donors (Lipinski definition) is 3. The SMILES string of the molecule is Cc1ncnc2c1ccn2[C@H]1S[C@@H](CCc2ccc3cc(C(F)F)c(N)nc3c2)[C@@H](O)[C@H]1O. The number of thioether (sulfide) groups is 1. The Bertz CT molecular complexity index is 1330. The van der Waals surface area contributed by atoms with Crippen LogP contribution in [0, 0.1) is 6.92 Å². The van der Waals surface area contributed by atoms with Crippen LogP contribution in [-0.4, -0.2) is 47.2 Å². The zero-order chi connectivity index (χ0) is 23.3. The highest BCUT2D eigenvalue weighted by Gasteiger charge is 2.43. The molecule has 0 aliphatic carbocycles. The number of aliphatic hydroxyl groups is 2. The van der Waals surface area contributed by atoms with Gasteiger partial charge in [-0.25, -0.2) is 23.7 Å². The number of nitrogens with zero attached hydrogens (tertiary/aromatic N) is 4. The molecule has 5 rings (SSSR count). The summed E-state index contributed by atoms with van der Waals surface area (Å²) in [6.45, 7) is 1.91. The number of fused-ring (bicyclic) bond motifs is 2. The molecule has 1 fully saturated rings. The number of alkyl halides is 2. The van der Waals surface area contributed by atoms with Crippen LogP contribution in [0.25, 0.3) is 21.9 Å². The number of nitrogens with two attached hydrogens (primary N) is 1. The second-order valence-corrected chi connectivity index (χ2v) is 9.66. The van der Waals surface area contributed by atoms with E-state index in [0.29, 0.717) is 23.7 Å². The van der Waals surface area contributed by atoms with Crippen LogP contribution in [0.3, 0.4) is 0 Å². The molecule has 4 atom stereocenters. The van der Waals surface area contributed by atoms with Gasteiger partial charge in [0.2, 0.25) is 0 Å². The van der Waals surface area contributed by atoms with E-state index < -0.39 is 18.6 Å². The van der Waals surface area contributed by atoms with E-state index in [0.717, 1.165) is 22.3 Å². The third-order valence-corrected chi connectivity index (χ3v) is 7.86. The third-order valence-electron chi connectivity index (χ3n) is 6.21. The Morgan fingerprint density at radius 3 is 2.76 bits per heavy atom. The van der Waals surface area contributed by atoms with Crippen LogP contribution in [0.1, 0.15) is 35.0 Å². The average Bonchev–Trinajstić information content (AvgIpc) is 3.34. The first-order valence-electron chi connectivity index (χ1n) is 10.6. The minimum atomic E-state index is -2.67. The topological polar surface area (TPSA) is 110 Å². The predicted octanol–water partition coefficient (Wildman–Crippen LogP) is 3.78. The summed E-state index contributed by atoms with van der Waals surface area (Å²) in [7, 11) is 0. The summed E-state index contributed by atoms with van der Waals surface area (Å²) < 4.78 is 28.0. The van der Waals surface area contributed by atoms with Gasteiger partial charge in [-0.1, -0.05) is 12.1 Å². The highest BCUT2D eigenvalue weighted by atomic mass is 32.2. The number of hydrogen-bond acceptors (Lipinski definition) is 7. The van der Waals surface area contributed by atoms with Gasteiger partial charge in [0.15, 0.2) is 0 Å². The van der Waals surface area contributed by atoms with Crippen LogP contribution in [0.4, 0.5) is 14.6 Å². The number of anilines is 1. The van der Waals surface area contributed by atoms with Crippen molar-refractivity contribution in [1.29, 1.82) is 0 Å². The molecule has 0 amide bonds. The Kier molecular flexibility index (Phi) is 5.67. The first-order valence-corrected chi connectivity index (χ1v) is 11.5. The van der Waals surface area contributed by atoms with Crippen molar-refractivity contribution >= 4 is 39.5 Å². The molecule has 10 heteroatoms. The molecule has 0 saturated carbocycles. The molecule has 33 heavy (non-hydrogen) atoms. The fraction of sp³-hybridized carbons (Fsp3) is 0.348. The number of aromatic nitrogens is 4. The molecule has 1 saturated heterocycles. The lowest BCUT2D eigenvalue weighted by molar-refractivity contribution is 0.0176. The van der Waals surface area contributed by atoms with Gasteiger partial charge in [-0.3, -0.25) is 0 Å². The number of rotatable bonds is 5. The standard InChI is InChI=1S/C23H23F2N5O2S/c1-11-14-6-7-30(22(14)28-10-27-11)23-19(32)18(31)17(33-23)5-3-12-2-4-13-9-15(20(24)25)21(26)29-16(13)8-12/h2,4,6-10,17-20,23,31-32H,3,5H2,1H3,(H2,26,29)/t17-,18+,19+,23-/m0/s1. The van der Waals surface area contributed by atoms with Gasteiger partial charge in [-0.2, -0.15) is 0 Å². The molecule has 0 unspecified atom stereocenters. The summed E-state index contributed by atoms with van der Waals surface area (Å²) in [6, 6.07) is 8.75. The van der Waals surface area contributed by atoms with Crippen molar-refractivity contribution in [2.45, 2.75) is 49.0 Å². The maximum Gasteiger partial charge on any atom is 0.267 e. The Morgan fingerprint density at radius 2 is 1.97 bits per heavy atom. The summed E-state index contributed by atoms with van der Waals surface area (Å²) in [4.78, 5) is 12.7. The van der Waals surface area contributed by atoms with Gasteiger partial charge >= 0.3 is 0 Å². The van der Waals surface area contributed by atoms with E-state index in [-0.39, 0.29) is 22.0 Å². The van der Waals surface area contributed by atoms with Crippen LogP contribution in [0.5, 0.6) is 0 Å². The average molecular weight is 472 g/mol. The van der Waals surface area contributed by atoms with Crippen LogP contribution >= 0.6 is 11.8 Å². The molecule has 1 aliphatic heterocycles. The lowest BCUT2D eigenvalue weighted by atomic mass is 10.0. The summed E-state index contributed by atoms with van der Waals surface area (Å²) in [5.41, 5.74) is 8.53. The second-order valence-electron chi connectivity index (χ2n) is 8.29. The molecule has 1 aliphatic rings. The maximum atomic E-state index is 13.1. The molecule has 4 N–H and O–H groups in total. The summed E-state index contributed by atoms with van der Waals surface area (Å²) in [5, 5.41) is 22.4. The van der Waals surface area contributed by atoms with Crippen LogP contribution in [0.15, 0.2) is 42.9 Å². The normalized spacial score (nSPS) is 23.2. The first-order chi connectivity index (χ1) is 15.8. The number of nitrogen functional groups attached to an aromatic ring is 1.